The third kappa shape index (κ3) is 5.56. The quantitative estimate of drug-likeness (QED) is 0.663. The Balaban J connectivity index is 3.68. The minimum atomic E-state index is 0.174. The first-order valence-electron chi connectivity index (χ1n) is 4.94. The van der Waals surface area contributed by atoms with E-state index < -0.39 is 0 Å². The fourth-order valence-electron chi connectivity index (χ4n) is 1.44. The minimum absolute atomic E-state index is 0.174. The van der Waals surface area contributed by atoms with Crippen molar-refractivity contribution in [2.45, 2.75) is 52.6 Å². The normalized spacial score (nSPS) is 17.0. The van der Waals surface area contributed by atoms with Gasteiger partial charge in [-0.15, -0.1) is 0 Å². The smallest absolute Gasteiger partial charge is 0.0194 e. The predicted octanol–water partition coefficient (Wildman–Crippen LogP) is 1.73. The highest BCUT2D eigenvalue weighted by molar-refractivity contribution is 4.77. The second-order valence-electron chi connectivity index (χ2n) is 4.59. The van der Waals surface area contributed by atoms with E-state index in [1.54, 1.807) is 0 Å². The topological polar surface area (TPSA) is 52.0 Å². The van der Waals surface area contributed by atoms with Crippen LogP contribution in [0.3, 0.4) is 0 Å². The maximum Gasteiger partial charge on any atom is 0.0194 e. The summed E-state index contributed by atoms with van der Waals surface area (Å²) in [6, 6.07) is 0.347. The molecule has 0 saturated carbocycles. The van der Waals surface area contributed by atoms with E-state index in [1.165, 1.54) is 0 Å². The van der Waals surface area contributed by atoms with Crippen LogP contribution >= 0.6 is 0 Å². The first-order valence-corrected chi connectivity index (χ1v) is 4.94. The zero-order valence-corrected chi connectivity index (χ0v) is 8.88. The van der Waals surface area contributed by atoms with Crippen molar-refractivity contribution in [1.82, 2.24) is 0 Å². The average Bonchev–Trinajstić information content (AvgIpc) is 1.84. The Morgan fingerprint density at radius 3 is 1.17 bits per heavy atom. The Labute approximate surface area is 76.7 Å². The van der Waals surface area contributed by atoms with Crippen LogP contribution in [0.2, 0.25) is 0 Å². The molecular weight excluding hydrogens is 148 g/mol. The lowest BCUT2D eigenvalue weighted by Gasteiger charge is -2.22. The van der Waals surface area contributed by atoms with Crippen molar-refractivity contribution in [2.24, 2.45) is 23.3 Å². The van der Waals surface area contributed by atoms with Gasteiger partial charge in [-0.05, 0) is 24.7 Å². The molecule has 0 fully saturated rings. The maximum absolute atomic E-state index is 5.94. The van der Waals surface area contributed by atoms with E-state index in [4.69, 9.17) is 11.5 Å². The Kier molecular flexibility index (Phi) is 5.51. The molecule has 0 aliphatic rings. The molecule has 0 rings (SSSR count). The van der Waals surface area contributed by atoms with Gasteiger partial charge >= 0.3 is 0 Å². The summed E-state index contributed by atoms with van der Waals surface area (Å²) in [5.74, 6) is 1.30. The molecule has 0 aliphatic heterocycles. The molecule has 4 N–H and O–H groups in total. The number of hydrogen-bond donors (Lipinski definition) is 2. The van der Waals surface area contributed by atoms with Crippen LogP contribution in [-0.4, -0.2) is 12.1 Å². The van der Waals surface area contributed by atoms with Crippen molar-refractivity contribution in [1.29, 1.82) is 0 Å². The highest BCUT2D eigenvalue weighted by Gasteiger charge is 2.15. The third-order valence-corrected chi connectivity index (χ3v) is 2.04. The van der Waals surface area contributed by atoms with Gasteiger partial charge in [-0.1, -0.05) is 27.7 Å². The third-order valence-electron chi connectivity index (χ3n) is 2.04. The van der Waals surface area contributed by atoms with Gasteiger partial charge in [0.05, 0.1) is 0 Å². The summed E-state index contributed by atoms with van der Waals surface area (Å²) in [5, 5.41) is 0. The molecule has 12 heavy (non-hydrogen) atoms. The molecule has 0 saturated heterocycles. The first kappa shape index (κ1) is 11.9. The van der Waals surface area contributed by atoms with Crippen LogP contribution in [0.5, 0.6) is 0 Å². The van der Waals surface area contributed by atoms with Gasteiger partial charge in [0.25, 0.3) is 0 Å². The second kappa shape index (κ2) is 5.55. The van der Waals surface area contributed by atoms with Crippen LogP contribution in [-0.2, 0) is 0 Å². The SMILES string of the molecule is CC(C)CC(N)C(N)CC(C)C. The van der Waals surface area contributed by atoms with Crippen molar-refractivity contribution in [3.8, 4) is 0 Å². The highest BCUT2D eigenvalue weighted by Crippen LogP contribution is 2.10. The molecule has 0 aliphatic carbocycles. The standard InChI is InChI=1S/C10H24N2/c1-7(2)5-9(11)10(12)6-8(3)4/h7-10H,5-6,11-12H2,1-4H3. The predicted molar refractivity (Wildman–Crippen MR) is 54.9 cm³/mol. The summed E-state index contributed by atoms with van der Waals surface area (Å²) < 4.78 is 0. The van der Waals surface area contributed by atoms with Crippen molar-refractivity contribution < 1.29 is 0 Å². The average molecular weight is 172 g/mol. The molecule has 2 unspecified atom stereocenters. The van der Waals surface area contributed by atoms with Crippen molar-refractivity contribution in [2.75, 3.05) is 0 Å². The van der Waals surface area contributed by atoms with Gasteiger partial charge in [-0.3, -0.25) is 0 Å². The lowest BCUT2D eigenvalue weighted by atomic mass is 9.93. The van der Waals surface area contributed by atoms with Gasteiger partial charge in [-0.2, -0.15) is 0 Å². The summed E-state index contributed by atoms with van der Waals surface area (Å²) >= 11 is 0. The molecule has 0 aromatic heterocycles. The molecule has 74 valence electrons. The molecule has 0 bridgehead atoms. The summed E-state index contributed by atoms with van der Waals surface area (Å²) in [5.41, 5.74) is 11.9. The van der Waals surface area contributed by atoms with E-state index in [0.29, 0.717) is 11.8 Å². The molecule has 2 heteroatoms. The molecule has 0 spiro atoms. The molecule has 0 amide bonds. The molecule has 0 radical (unpaired) electrons. The largest absolute Gasteiger partial charge is 0.326 e. The number of nitrogens with two attached hydrogens (primary N) is 2. The van der Waals surface area contributed by atoms with E-state index in [1.807, 2.05) is 0 Å². The van der Waals surface area contributed by atoms with Gasteiger partial charge in [0, 0.05) is 12.1 Å². The molecule has 2 nitrogen and oxygen atoms in total. The van der Waals surface area contributed by atoms with Crippen LogP contribution in [0.1, 0.15) is 40.5 Å². The van der Waals surface area contributed by atoms with Crippen LogP contribution in [0.15, 0.2) is 0 Å². The zero-order valence-electron chi connectivity index (χ0n) is 8.88. The fourth-order valence-corrected chi connectivity index (χ4v) is 1.44. The van der Waals surface area contributed by atoms with E-state index in [-0.39, 0.29) is 12.1 Å². The lowest BCUT2D eigenvalue weighted by Crippen LogP contribution is -2.42. The van der Waals surface area contributed by atoms with Gasteiger partial charge < -0.3 is 11.5 Å². The Hall–Kier alpha value is -0.0800. The minimum Gasteiger partial charge on any atom is -0.326 e. The zero-order chi connectivity index (χ0) is 9.72. The second-order valence-corrected chi connectivity index (χ2v) is 4.59. The highest BCUT2D eigenvalue weighted by atomic mass is 14.8. The molecular formula is C10H24N2. The number of rotatable bonds is 5. The monoisotopic (exact) mass is 172 g/mol. The van der Waals surface area contributed by atoms with Crippen LogP contribution in [0.4, 0.5) is 0 Å². The van der Waals surface area contributed by atoms with E-state index >= 15 is 0 Å². The molecule has 0 aromatic rings. The summed E-state index contributed by atoms with van der Waals surface area (Å²) in [7, 11) is 0. The number of hydrogen-bond acceptors (Lipinski definition) is 2. The van der Waals surface area contributed by atoms with Gasteiger partial charge in [-0.25, -0.2) is 0 Å². The van der Waals surface area contributed by atoms with E-state index in [9.17, 15) is 0 Å². The van der Waals surface area contributed by atoms with Gasteiger partial charge in [0.15, 0.2) is 0 Å². The van der Waals surface area contributed by atoms with Crippen LogP contribution in [0.25, 0.3) is 0 Å². The van der Waals surface area contributed by atoms with E-state index in [2.05, 4.69) is 27.7 Å². The van der Waals surface area contributed by atoms with Crippen molar-refractivity contribution in [3.63, 3.8) is 0 Å². The van der Waals surface area contributed by atoms with Gasteiger partial charge in [0.1, 0.15) is 0 Å². The Morgan fingerprint density at radius 2 is 1.00 bits per heavy atom. The van der Waals surface area contributed by atoms with Gasteiger partial charge in [0.2, 0.25) is 0 Å². The summed E-state index contributed by atoms with van der Waals surface area (Å²) in [6.07, 6.45) is 2.07. The van der Waals surface area contributed by atoms with E-state index in [0.717, 1.165) is 12.8 Å². The van der Waals surface area contributed by atoms with Crippen molar-refractivity contribution >= 4 is 0 Å². The Bertz CT molecular complexity index is 96.4. The maximum atomic E-state index is 5.94. The fraction of sp³-hybridized carbons (Fsp3) is 1.00. The van der Waals surface area contributed by atoms with Crippen LogP contribution in [0, 0.1) is 11.8 Å². The summed E-state index contributed by atoms with van der Waals surface area (Å²) in [4.78, 5) is 0. The van der Waals surface area contributed by atoms with Crippen molar-refractivity contribution in [3.05, 3.63) is 0 Å². The molecule has 0 aromatic carbocycles. The summed E-state index contributed by atoms with van der Waals surface area (Å²) in [6.45, 7) is 8.73. The van der Waals surface area contributed by atoms with Crippen LogP contribution < -0.4 is 11.5 Å². The lowest BCUT2D eigenvalue weighted by molar-refractivity contribution is 0.382. The first-order chi connectivity index (χ1) is 5.43. The Morgan fingerprint density at radius 1 is 0.750 bits per heavy atom. The molecule has 2 atom stereocenters. The molecule has 0 heterocycles.